The monoisotopic (exact) mass is 409 g/mol. The van der Waals surface area contributed by atoms with Crippen LogP contribution in [-0.4, -0.2) is 27.7 Å². The second-order valence-electron chi connectivity index (χ2n) is 5.66. The molecule has 0 bridgehead atoms. The summed E-state index contributed by atoms with van der Waals surface area (Å²) in [6, 6.07) is 14.1. The molecule has 1 heterocycles. The van der Waals surface area contributed by atoms with E-state index in [1.54, 1.807) is 18.2 Å². The van der Waals surface area contributed by atoms with E-state index in [4.69, 9.17) is 16.3 Å². The number of nitrogens with zero attached hydrogens (tertiary/aromatic N) is 1. The summed E-state index contributed by atoms with van der Waals surface area (Å²) in [6.07, 6.45) is 1.08. The summed E-state index contributed by atoms with van der Waals surface area (Å²) < 4.78 is 31.0. The SMILES string of the molecule is CN(c1ccccc1C(=O)OCc1sc2ccccc2c1Cl)S(C)(=O)=O. The lowest BCUT2D eigenvalue weighted by Gasteiger charge is -2.19. The maximum atomic E-state index is 12.5. The number of anilines is 1. The number of halogens is 1. The molecule has 8 heteroatoms. The Morgan fingerprint density at radius 3 is 2.50 bits per heavy atom. The molecular formula is C18H16ClNO4S2. The van der Waals surface area contributed by atoms with Gasteiger partial charge in [0.25, 0.3) is 0 Å². The van der Waals surface area contributed by atoms with Gasteiger partial charge in [0.15, 0.2) is 0 Å². The average molecular weight is 410 g/mol. The van der Waals surface area contributed by atoms with E-state index in [0.717, 1.165) is 25.5 Å². The van der Waals surface area contributed by atoms with Gasteiger partial charge >= 0.3 is 5.97 Å². The molecule has 136 valence electrons. The number of carbonyl (C=O) groups excluding carboxylic acids is 1. The van der Waals surface area contributed by atoms with Crippen LogP contribution in [0.1, 0.15) is 15.2 Å². The Labute approximate surface area is 160 Å². The Kier molecular flexibility index (Phi) is 5.22. The van der Waals surface area contributed by atoms with E-state index in [-0.39, 0.29) is 17.9 Å². The first-order valence-electron chi connectivity index (χ1n) is 7.65. The lowest BCUT2D eigenvalue weighted by molar-refractivity contribution is 0.0478. The van der Waals surface area contributed by atoms with Crippen molar-refractivity contribution in [1.82, 2.24) is 0 Å². The summed E-state index contributed by atoms with van der Waals surface area (Å²) in [5.74, 6) is -0.607. The van der Waals surface area contributed by atoms with Gasteiger partial charge in [0.1, 0.15) is 6.61 Å². The van der Waals surface area contributed by atoms with Crippen LogP contribution in [0.25, 0.3) is 10.1 Å². The van der Waals surface area contributed by atoms with Crippen molar-refractivity contribution in [1.29, 1.82) is 0 Å². The quantitative estimate of drug-likeness (QED) is 0.589. The van der Waals surface area contributed by atoms with Gasteiger partial charge in [0, 0.05) is 17.1 Å². The number of hydrogen-bond acceptors (Lipinski definition) is 5. The van der Waals surface area contributed by atoms with Crippen LogP contribution in [-0.2, 0) is 21.4 Å². The number of thiophene rings is 1. The molecule has 0 spiro atoms. The number of hydrogen-bond donors (Lipinski definition) is 0. The fourth-order valence-corrected chi connectivity index (χ4v) is 4.38. The topological polar surface area (TPSA) is 63.7 Å². The van der Waals surface area contributed by atoms with E-state index in [1.807, 2.05) is 24.3 Å². The summed E-state index contributed by atoms with van der Waals surface area (Å²) >= 11 is 7.82. The minimum absolute atomic E-state index is 0.0218. The van der Waals surface area contributed by atoms with Crippen molar-refractivity contribution in [3.63, 3.8) is 0 Å². The number of esters is 1. The van der Waals surface area contributed by atoms with Crippen molar-refractivity contribution < 1.29 is 17.9 Å². The van der Waals surface area contributed by atoms with Crippen LogP contribution < -0.4 is 4.31 Å². The number of sulfonamides is 1. The number of rotatable bonds is 5. The van der Waals surface area contributed by atoms with Crippen molar-refractivity contribution in [3.05, 3.63) is 64.0 Å². The molecule has 0 radical (unpaired) electrons. The minimum atomic E-state index is -3.50. The Balaban J connectivity index is 1.84. The first-order chi connectivity index (χ1) is 12.3. The van der Waals surface area contributed by atoms with E-state index in [9.17, 15) is 13.2 Å². The van der Waals surface area contributed by atoms with Crippen LogP contribution in [0.15, 0.2) is 48.5 Å². The molecule has 0 N–H and O–H groups in total. The Morgan fingerprint density at radius 2 is 1.81 bits per heavy atom. The molecule has 0 unspecified atom stereocenters. The zero-order valence-corrected chi connectivity index (χ0v) is 16.5. The molecule has 1 aromatic heterocycles. The molecule has 0 aliphatic rings. The van der Waals surface area contributed by atoms with Crippen molar-refractivity contribution in [3.8, 4) is 0 Å². The van der Waals surface area contributed by atoms with Crippen LogP contribution >= 0.6 is 22.9 Å². The van der Waals surface area contributed by atoms with Crippen LogP contribution in [0.2, 0.25) is 5.02 Å². The molecule has 5 nitrogen and oxygen atoms in total. The number of ether oxygens (including phenoxy) is 1. The first-order valence-corrected chi connectivity index (χ1v) is 10.7. The molecule has 0 atom stereocenters. The van der Waals surface area contributed by atoms with Gasteiger partial charge in [-0.1, -0.05) is 41.9 Å². The zero-order chi connectivity index (χ0) is 18.9. The summed E-state index contributed by atoms with van der Waals surface area (Å²) in [6.45, 7) is 0.0218. The lowest BCUT2D eigenvalue weighted by atomic mass is 10.2. The van der Waals surface area contributed by atoms with Gasteiger partial charge in [-0.25, -0.2) is 13.2 Å². The predicted octanol–water partition coefficient (Wildman–Crippen LogP) is 4.31. The Hall–Kier alpha value is -2.09. The van der Waals surface area contributed by atoms with E-state index in [1.165, 1.54) is 24.5 Å². The largest absolute Gasteiger partial charge is 0.456 e. The predicted molar refractivity (Wildman–Crippen MR) is 106 cm³/mol. The number of carbonyl (C=O) groups is 1. The van der Waals surface area contributed by atoms with Crippen molar-refractivity contribution in [2.75, 3.05) is 17.6 Å². The Bertz CT molecular complexity index is 1080. The molecule has 2 aromatic carbocycles. The van der Waals surface area contributed by atoms with Crippen LogP contribution in [0.4, 0.5) is 5.69 Å². The number of fused-ring (bicyclic) bond motifs is 1. The van der Waals surface area contributed by atoms with Crippen molar-refractivity contribution >= 4 is 54.7 Å². The maximum absolute atomic E-state index is 12.5. The number of para-hydroxylation sites is 1. The molecule has 3 rings (SSSR count). The second-order valence-corrected chi connectivity index (χ2v) is 9.19. The Morgan fingerprint density at radius 1 is 1.15 bits per heavy atom. The molecule has 0 saturated carbocycles. The van der Waals surface area contributed by atoms with Gasteiger partial charge in [-0.2, -0.15) is 0 Å². The smallest absolute Gasteiger partial charge is 0.340 e. The molecule has 26 heavy (non-hydrogen) atoms. The highest BCUT2D eigenvalue weighted by atomic mass is 35.5. The van der Waals surface area contributed by atoms with Gasteiger partial charge in [-0.15, -0.1) is 11.3 Å². The van der Waals surface area contributed by atoms with Crippen molar-refractivity contribution in [2.24, 2.45) is 0 Å². The third kappa shape index (κ3) is 3.70. The normalized spacial score (nSPS) is 11.5. The van der Waals surface area contributed by atoms with Gasteiger partial charge < -0.3 is 4.74 Å². The first kappa shape index (κ1) is 18.7. The minimum Gasteiger partial charge on any atom is -0.456 e. The van der Waals surface area contributed by atoms with Gasteiger partial charge in [0.2, 0.25) is 10.0 Å². The molecule has 0 aliphatic carbocycles. The summed E-state index contributed by atoms with van der Waals surface area (Å²) in [7, 11) is -2.10. The summed E-state index contributed by atoms with van der Waals surface area (Å²) in [5, 5.41) is 1.49. The van der Waals surface area contributed by atoms with Crippen LogP contribution in [0.3, 0.4) is 0 Å². The average Bonchev–Trinajstić information content (AvgIpc) is 2.94. The van der Waals surface area contributed by atoms with Crippen molar-refractivity contribution in [2.45, 2.75) is 6.61 Å². The fourth-order valence-electron chi connectivity index (χ4n) is 2.47. The van der Waals surface area contributed by atoms with E-state index in [0.29, 0.717) is 5.02 Å². The lowest BCUT2D eigenvalue weighted by Crippen LogP contribution is -2.26. The fraction of sp³-hybridized carbons (Fsp3) is 0.167. The molecular weight excluding hydrogens is 394 g/mol. The van der Waals surface area contributed by atoms with E-state index >= 15 is 0 Å². The number of benzene rings is 2. The van der Waals surface area contributed by atoms with Gasteiger partial charge in [0.05, 0.1) is 27.4 Å². The van der Waals surface area contributed by atoms with Crippen LogP contribution in [0.5, 0.6) is 0 Å². The standard InChI is InChI=1S/C18H16ClNO4S2/c1-20(26(2,22)23)14-9-5-3-7-12(14)18(21)24-11-16-17(19)13-8-4-6-10-15(13)25-16/h3-10H,11H2,1-2H3. The van der Waals surface area contributed by atoms with E-state index < -0.39 is 16.0 Å². The molecule has 0 amide bonds. The summed E-state index contributed by atoms with van der Waals surface area (Å²) in [4.78, 5) is 13.3. The molecule has 0 fully saturated rings. The third-order valence-corrected chi connectivity index (χ3v) is 6.78. The molecule has 3 aromatic rings. The molecule has 0 aliphatic heterocycles. The van der Waals surface area contributed by atoms with Crippen LogP contribution in [0, 0.1) is 0 Å². The highest BCUT2D eigenvalue weighted by molar-refractivity contribution is 7.92. The highest BCUT2D eigenvalue weighted by Gasteiger charge is 2.21. The van der Waals surface area contributed by atoms with Gasteiger partial charge in [-0.05, 0) is 18.2 Å². The maximum Gasteiger partial charge on any atom is 0.340 e. The second kappa shape index (κ2) is 7.26. The van der Waals surface area contributed by atoms with E-state index in [2.05, 4.69) is 0 Å². The third-order valence-electron chi connectivity index (χ3n) is 3.90. The highest BCUT2D eigenvalue weighted by Crippen LogP contribution is 2.35. The molecule has 0 saturated heterocycles. The van der Waals surface area contributed by atoms with Gasteiger partial charge in [-0.3, -0.25) is 4.31 Å². The summed E-state index contributed by atoms with van der Waals surface area (Å²) in [5.41, 5.74) is 0.445. The zero-order valence-electron chi connectivity index (χ0n) is 14.1.